The SMILES string of the molecule is C=C(CC1(C(=O)O)C=CC(O)C=C1)C(=O)CC. The summed E-state index contributed by atoms with van der Waals surface area (Å²) in [6.07, 6.45) is 5.20. The van der Waals surface area contributed by atoms with Crippen molar-refractivity contribution in [1.82, 2.24) is 0 Å². The third-order valence-corrected chi connectivity index (χ3v) is 2.80. The van der Waals surface area contributed by atoms with E-state index < -0.39 is 17.5 Å². The summed E-state index contributed by atoms with van der Waals surface area (Å²) in [5, 5.41) is 18.5. The third kappa shape index (κ3) is 2.91. The van der Waals surface area contributed by atoms with E-state index in [9.17, 15) is 19.8 Å². The number of carbonyl (C=O) groups excluding carboxylic acids is 1. The van der Waals surface area contributed by atoms with Crippen molar-refractivity contribution in [3.8, 4) is 0 Å². The van der Waals surface area contributed by atoms with Gasteiger partial charge in [-0.15, -0.1) is 0 Å². The molecule has 0 aromatic carbocycles. The number of aliphatic hydroxyl groups is 1. The quantitative estimate of drug-likeness (QED) is 0.560. The van der Waals surface area contributed by atoms with Crippen molar-refractivity contribution in [3.05, 3.63) is 36.5 Å². The van der Waals surface area contributed by atoms with E-state index >= 15 is 0 Å². The lowest BCUT2D eigenvalue weighted by Crippen LogP contribution is -2.30. The van der Waals surface area contributed by atoms with Gasteiger partial charge in [0, 0.05) is 6.42 Å². The summed E-state index contributed by atoms with van der Waals surface area (Å²) in [5.74, 6) is -1.19. The second-order valence-electron chi connectivity index (χ2n) is 4.11. The summed E-state index contributed by atoms with van der Waals surface area (Å²) < 4.78 is 0. The lowest BCUT2D eigenvalue weighted by Gasteiger charge is -2.26. The Balaban J connectivity index is 2.93. The summed E-state index contributed by atoms with van der Waals surface area (Å²) in [5.41, 5.74) is -0.971. The van der Waals surface area contributed by atoms with Crippen LogP contribution < -0.4 is 0 Å². The molecule has 0 atom stereocenters. The minimum atomic E-state index is -1.26. The fourth-order valence-electron chi connectivity index (χ4n) is 1.70. The molecule has 1 aliphatic rings. The predicted octanol–water partition coefficient (Wildman–Crippen LogP) is 1.47. The van der Waals surface area contributed by atoms with Gasteiger partial charge in [-0.2, -0.15) is 0 Å². The molecule has 0 aromatic heterocycles. The second kappa shape index (κ2) is 5.10. The molecule has 0 saturated carbocycles. The van der Waals surface area contributed by atoms with Gasteiger partial charge in [0.05, 0.1) is 6.10 Å². The highest BCUT2D eigenvalue weighted by Gasteiger charge is 2.36. The van der Waals surface area contributed by atoms with Crippen molar-refractivity contribution in [2.75, 3.05) is 0 Å². The van der Waals surface area contributed by atoms with E-state index in [1.807, 2.05) is 0 Å². The molecule has 0 aromatic rings. The third-order valence-electron chi connectivity index (χ3n) is 2.80. The lowest BCUT2D eigenvalue weighted by molar-refractivity contribution is -0.143. The van der Waals surface area contributed by atoms with E-state index in [4.69, 9.17) is 0 Å². The number of ketones is 1. The fraction of sp³-hybridized carbons (Fsp3) is 0.385. The smallest absolute Gasteiger partial charge is 0.317 e. The van der Waals surface area contributed by atoms with Crippen LogP contribution in [-0.4, -0.2) is 28.1 Å². The molecule has 0 amide bonds. The van der Waals surface area contributed by atoms with Crippen LogP contribution in [0.2, 0.25) is 0 Å². The van der Waals surface area contributed by atoms with Gasteiger partial charge in [-0.1, -0.05) is 37.8 Å². The summed E-state index contributed by atoms with van der Waals surface area (Å²) in [6, 6.07) is 0. The monoisotopic (exact) mass is 236 g/mol. The highest BCUT2D eigenvalue weighted by Crippen LogP contribution is 2.33. The van der Waals surface area contributed by atoms with Crippen molar-refractivity contribution in [3.63, 3.8) is 0 Å². The zero-order chi connectivity index (χ0) is 13.1. The van der Waals surface area contributed by atoms with Crippen LogP contribution in [0.15, 0.2) is 36.5 Å². The molecule has 0 bridgehead atoms. The Kier molecular flexibility index (Phi) is 4.02. The van der Waals surface area contributed by atoms with Crippen molar-refractivity contribution < 1.29 is 19.8 Å². The maximum Gasteiger partial charge on any atom is 0.317 e. The van der Waals surface area contributed by atoms with Crippen LogP contribution in [0.4, 0.5) is 0 Å². The molecule has 0 fully saturated rings. The van der Waals surface area contributed by atoms with Crippen molar-refractivity contribution in [2.45, 2.75) is 25.9 Å². The summed E-state index contributed by atoms with van der Waals surface area (Å²) >= 11 is 0. The molecule has 1 rings (SSSR count). The number of hydrogen-bond donors (Lipinski definition) is 2. The Morgan fingerprint density at radius 3 is 2.29 bits per heavy atom. The number of carboxylic acid groups (broad SMARTS) is 1. The average molecular weight is 236 g/mol. The number of carboxylic acids is 1. The van der Waals surface area contributed by atoms with Gasteiger partial charge in [0.15, 0.2) is 5.78 Å². The fourth-order valence-corrected chi connectivity index (χ4v) is 1.70. The molecule has 0 saturated heterocycles. The number of hydrogen-bond acceptors (Lipinski definition) is 3. The van der Waals surface area contributed by atoms with Crippen LogP contribution in [0.1, 0.15) is 19.8 Å². The largest absolute Gasteiger partial charge is 0.480 e. The van der Waals surface area contributed by atoms with E-state index in [1.54, 1.807) is 6.92 Å². The molecule has 4 nitrogen and oxygen atoms in total. The first-order chi connectivity index (χ1) is 7.91. The van der Waals surface area contributed by atoms with Crippen LogP contribution in [0.3, 0.4) is 0 Å². The first kappa shape index (κ1) is 13.4. The number of Topliss-reactive ketones (excluding diaryl/α,β-unsaturated/α-hetero) is 1. The van der Waals surface area contributed by atoms with Crippen LogP contribution in [-0.2, 0) is 9.59 Å². The first-order valence-corrected chi connectivity index (χ1v) is 5.42. The van der Waals surface area contributed by atoms with E-state index in [-0.39, 0.29) is 12.2 Å². The van der Waals surface area contributed by atoms with Crippen molar-refractivity contribution in [2.24, 2.45) is 5.41 Å². The molecular weight excluding hydrogens is 220 g/mol. The van der Waals surface area contributed by atoms with Gasteiger partial charge in [0.1, 0.15) is 5.41 Å². The Morgan fingerprint density at radius 2 is 1.88 bits per heavy atom. The zero-order valence-corrected chi connectivity index (χ0v) is 9.72. The molecule has 0 radical (unpaired) electrons. The first-order valence-electron chi connectivity index (χ1n) is 5.42. The minimum absolute atomic E-state index is 0.0364. The highest BCUT2D eigenvalue weighted by atomic mass is 16.4. The van der Waals surface area contributed by atoms with E-state index in [2.05, 4.69) is 6.58 Å². The number of allylic oxidation sites excluding steroid dienone is 1. The Labute approximate surface area is 100.0 Å². The van der Waals surface area contributed by atoms with Crippen molar-refractivity contribution in [1.29, 1.82) is 0 Å². The summed E-state index contributed by atoms with van der Waals surface area (Å²) in [6.45, 7) is 5.33. The van der Waals surface area contributed by atoms with Crippen LogP contribution in [0.25, 0.3) is 0 Å². The Morgan fingerprint density at radius 1 is 1.35 bits per heavy atom. The standard InChI is InChI=1S/C13H16O4/c1-3-11(15)9(2)8-13(12(16)17)6-4-10(14)5-7-13/h4-7,10,14H,2-3,8H2,1H3,(H,16,17). The van der Waals surface area contributed by atoms with Gasteiger partial charge in [0.2, 0.25) is 0 Å². The normalized spacial score (nSPS) is 26.8. The van der Waals surface area contributed by atoms with Crippen molar-refractivity contribution >= 4 is 11.8 Å². The molecule has 92 valence electrons. The number of aliphatic hydroxyl groups excluding tert-OH is 1. The van der Waals surface area contributed by atoms with E-state index in [1.165, 1.54) is 24.3 Å². The van der Waals surface area contributed by atoms with Gasteiger partial charge in [-0.3, -0.25) is 9.59 Å². The Bertz CT molecular complexity index is 390. The molecule has 0 aliphatic heterocycles. The lowest BCUT2D eigenvalue weighted by atomic mass is 9.77. The number of rotatable bonds is 5. The molecular formula is C13H16O4. The van der Waals surface area contributed by atoms with Crippen LogP contribution >= 0.6 is 0 Å². The topological polar surface area (TPSA) is 74.6 Å². The highest BCUT2D eigenvalue weighted by molar-refractivity contribution is 5.96. The molecule has 2 N–H and O–H groups in total. The molecule has 4 heteroatoms. The van der Waals surface area contributed by atoms with Gasteiger partial charge < -0.3 is 10.2 Å². The van der Waals surface area contributed by atoms with E-state index in [0.29, 0.717) is 12.0 Å². The second-order valence-corrected chi connectivity index (χ2v) is 4.11. The van der Waals surface area contributed by atoms with Gasteiger partial charge in [0.25, 0.3) is 0 Å². The summed E-state index contributed by atoms with van der Waals surface area (Å²) in [4.78, 5) is 22.7. The zero-order valence-electron chi connectivity index (χ0n) is 9.72. The van der Waals surface area contributed by atoms with Crippen LogP contribution in [0, 0.1) is 5.41 Å². The minimum Gasteiger partial charge on any atom is -0.480 e. The molecule has 0 spiro atoms. The molecule has 17 heavy (non-hydrogen) atoms. The van der Waals surface area contributed by atoms with E-state index in [0.717, 1.165) is 0 Å². The molecule has 0 unspecified atom stereocenters. The molecule has 0 heterocycles. The van der Waals surface area contributed by atoms with Crippen LogP contribution in [0.5, 0.6) is 0 Å². The van der Waals surface area contributed by atoms with Gasteiger partial charge in [-0.25, -0.2) is 0 Å². The maximum absolute atomic E-state index is 11.4. The predicted molar refractivity (Wildman–Crippen MR) is 63.4 cm³/mol. The summed E-state index contributed by atoms with van der Waals surface area (Å²) in [7, 11) is 0. The number of aliphatic carboxylic acids is 1. The molecule has 1 aliphatic carbocycles. The van der Waals surface area contributed by atoms with Gasteiger partial charge in [-0.05, 0) is 12.0 Å². The maximum atomic E-state index is 11.4. The Hall–Kier alpha value is -1.68. The van der Waals surface area contributed by atoms with Gasteiger partial charge >= 0.3 is 5.97 Å². The number of carbonyl (C=O) groups is 2. The average Bonchev–Trinajstić information content (AvgIpc) is 2.30.